The fourth-order valence-corrected chi connectivity index (χ4v) is 3.31. The van der Waals surface area contributed by atoms with Crippen molar-refractivity contribution in [1.82, 2.24) is 9.88 Å². The van der Waals surface area contributed by atoms with Gasteiger partial charge in [0.15, 0.2) is 0 Å². The molecule has 1 aliphatic rings. The van der Waals surface area contributed by atoms with Gasteiger partial charge in [-0.05, 0) is 0 Å². The Hall–Kier alpha value is -0.264. The normalized spacial score (nSPS) is 15.5. The van der Waals surface area contributed by atoms with Gasteiger partial charge in [-0.2, -0.15) is 0 Å². The van der Waals surface area contributed by atoms with Crippen LogP contribution in [0.5, 0.6) is 0 Å². The first kappa shape index (κ1) is 12.2. The Labute approximate surface area is 129 Å². The predicted octanol–water partition coefficient (Wildman–Crippen LogP) is 1.49. The Morgan fingerprint density at radius 1 is 1.62 bits per heavy atom. The molecule has 1 aliphatic heterocycles. The number of carbonyl (C=O) groups is 1. The Morgan fingerprint density at radius 2 is 2.44 bits per heavy atom. The third-order valence-electron chi connectivity index (χ3n) is 2.89. The summed E-state index contributed by atoms with van der Waals surface area (Å²) in [6.45, 7) is 4.65. The van der Waals surface area contributed by atoms with E-state index in [0.29, 0.717) is 54.5 Å². The van der Waals surface area contributed by atoms with Crippen molar-refractivity contribution in [1.29, 1.82) is 0 Å². The second-order valence-corrected chi connectivity index (χ2v) is 5.24. The van der Waals surface area contributed by atoms with Crippen LogP contribution in [0, 0.1) is 0 Å². The molecule has 0 saturated carbocycles. The molecule has 0 radical (unpaired) electrons. The molecule has 1 aromatic rings. The monoisotopic (exact) mass is 238 g/mol. The van der Waals surface area contributed by atoms with Gasteiger partial charge in [0.1, 0.15) is 0 Å². The summed E-state index contributed by atoms with van der Waals surface area (Å²) in [7, 11) is 0. The van der Waals surface area contributed by atoms with Crippen LogP contribution in [0.1, 0.15) is 16.8 Å². The maximum atomic E-state index is 12.2. The number of Topliss-reactive ketones (excluding diaryl/α,β-unsaturated/α-hetero) is 1. The molecule has 76 valence electrons. The van der Waals surface area contributed by atoms with E-state index in [1.54, 1.807) is 18.5 Å². The first-order valence-electron chi connectivity index (χ1n) is 5.27. The zero-order chi connectivity index (χ0) is 11.5. The molecule has 2 rings (SSSR count). The van der Waals surface area contributed by atoms with Crippen LogP contribution in [-0.2, 0) is 0 Å². The van der Waals surface area contributed by atoms with Crippen molar-refractivity contribution in [2.45, 2.75) is 6.42 Å². The van der Waals surface area contributed by atoms with E-state index >= 15 is 0 Å². The number of hydrogen-bond acceptors (Lipinski definition) is 3. The molecular formula is C12H11KN2O. The average Bonchev–Trinajstić information content (AvgIpc) is 2.70. The van der Waals surface area contributed by atoms with Crippen LogP contribution in [0.4, 0.5) is 0 Å². The molecule has 0 atom stereocenters. The van der Waals surface area contributed by atoms with Gasteiger partial charge in [0.2, 0.25) is 0 Å². The van der Waals surface area contributed by atoms with Gasteiger partial charge in [-0.1, -0.05) is 0 Å². The molecule has 0 aliphatic carbocycles. The van der Waals surface area contributed by atoms with Gasteiger partial charge >= 0.3 is 131 Å². The Balaban J connectivity index is 2.30. The number of carbonyl (C=O) groups excluding carboxylic acids is 1. The fourth-order valence-electron chi connectivity index (χ4n) is 1.93. The van der Waals surface area contributed by atoms with Crippen LogP contribution in [0.15, 0.2) is 42.7 Å². The van der Waals surface area contributed by atoms with Crippen LogP contribution in [0.25, 0.3) is 0 Å². The molecule has 0 unspecified atom stereocenters. The van der Waals surface area contributed by atoms with Crippen LogP contribution >= 0.6 is 0 Å². The Morgan fingerprint density at radius 3 is 3.00 bits per heavy atom. The van der Waals surface area contributed by atoms with Crippen molar-refractivity contribution in [3.05, 3.63) is 48.2 Å². The topological polar surface area (TPSA) is 33.2 Å². The number of aromatic nitrogens is 1. The zero-order valence-electron chi connectivity index (χ0n) is 9.31. The van der Waals surface area contributed by atoms with Crippen LogP contribution < -0.4 is 0 Å². The van der Waals surface area contributed by atoms with E-state index in [1.807, 2.05) is 12.3 Å². The second-order valence-electron chi connectivity index (χ2n) is 3.76. The number of rotatable bonds is 3. The van der Waals surface area contributed by atoms with E-state index in [9.17, 15) is 4.79 Å². The predicted molar refractivity (Wildman–Crippen MR) is 62.9 cm³/mol. The summed E-state index contributed by atoms with van der Waals surface area (Å²) in [4.78, 5) is 18.3. The Kier molecular flexibility index (Phi) is 4.10. The van der Waals surface area contributed by atoms with Crippen molar-refractivity contribution in [3.63, 3.8) is 0 Å². The summed E-state index contributed by atoms with van der Waals surface area (Å²) >= 11 is 0.491. The van der Waals surface area contributed by atoms with Crippen molar-refractivity contribution >= 4 is 54.7 Å². The minimum absolute atomic E-state index is 0.126. The summed E-state index contributed by atoms with van der Waals surface area (Å²) in [5, 5.41) is 0. The van der Waals surface area contributed by atoms with E-state index in [1.165, 1.54) is -0.208 Å². The molecular weight excluding hydrogens is 227 g/mol. The quantitative estimate of drug-likeness (QED) is 0.591. The SMILES string of the molecule is C=CN1CCC(C(=O)c2cccnc2)=[C]1[K]. The number of ketones is 1. The van der Waals surface area contributed by atoms with E-state index in [-0.39, 0.29) is 5.78 Å². The van der Waals surface area contributed by atoms with Crippen LogP contribution in [0.3, 0.4) is 0 Å². The van der Waals surface area contributed by atoms with Gasteiger partial charge in [-0.3, -0.25) is 0 Å². The first-order chi connectivity index (χ1) is 7.74. The molecule has 0 aromatic carbocycles. The van der Waals surface area contributed by atoms with E-state index in [4.69, 9.17) is 0 Å². The molecule has 3 nitrogen and oxygen atoms in total. The average molecular weight is 238 g/mol. The van der Waals surface area contributed by atoms with Gasteiger partial charge in [-0.25, -0.2) is 0 Å². The third-order valence-corrected chi connectivity index (χ3v) is 4.73. The van der Waals surface area contributed by atoms with Crippen molar-refractivity contribution in [2.75, 3.05) is 6.54 Å². The molecule has 2 heterocycles. The van der Waals surface area contributed by atoms with E-state index in [2.05, 4.69) is 16.5 Å². The number of nitrogens with zero attached hydrogens (tertiary/aromatic N) is 2. The summed E-state index contributed by atoms with van der Waals surface area (Å²) in [5.74, 6) is 0.126. The minimum atomic E-state index is 0.126. The molecule has 0 fully saturated rings. The molecule has 1 aromatic heterocycles. The van der Waals surface area contributed by atoms with Gasteiger partial charge in [-0.15, -0.1) is 0 Å². The fraction of sp³-hybridized carbons (Fsp3) is 0.167. The zero-order valence-corrected chi connectivity index (χ0v) is 12.4. The molecule has 0 spiro atoms. The summed E-state index contributed by atoms with van der Waals surface area (Å²) in [5.41, 5.74) is 1.64. The molecule has 0 saturated heterocycles. The number of hydrogen-bond donors (Lipinski definition) is 0. The second kappa shape index (κ2) is 5.38. The van der Waals surface area contributed by atoms with Gasteiger partial charge in [0.25, 0.3) is 0 Å². The summed E-state index contributed by atoms with van der Waals surface area (Å²) in [6.07, 6.45) is 5.95. The van der Waals surface area contributed by atoms with E-state index < -0.39 is 0 Å². The molecule has 0 N–H and O–H groups in total. The molecule has 16 heavy (non-hydrogen) atoms. The molecule has 0 bridgehead atoms. The Bertz CT molecular complexity index is 453. The first-order valence-corrected chi connectivity index (χ1v) is 6.84. The summed E-state index contributed by atoms with van der Waals surface area (Å²) in [6, 6.07) is 3.62. The maximum absolute atomic E-state index is 12.2. The molecule has 4 heteroatoms. The van der Waals surface area contributed by atoms with Gasteiger partial charge in [0, 0.05) is 0 Å². The number of pyridine rings is 1. The van der Waals surface area contributed by atoms with Gasteiger partial charge in [0.05, 0.1) is 0 Å². The van der Waals surface area contributed by atoms with E-state index in [0.717, 1.165) is 18.5 Å². The standard InChI is InChI=1S/C12H11N2O.K/c1-2-14-7-5-11(9-14)12(15)10-4-3-6-13-8-10;/h2-4,6,8H,1,5,7H2;. The summed E-state index contributed by atoms with van der Waals surface area (Å²) < 4.78 is 1.19. The molecule has 0 amide bonds. The van der Waals surface area contributed by atoms with Crippen molar-refractivity contribution < 1.29 is 4.79 Å². The van der Waals surface area contributed by atoms with Crippen molar-refractivity contribution in [2.24, 2.45) is 0 Å². The van der Waals surface area contributed by atoms with Crippen molar-refractivity contribution in [3.8, 4) is 0 Å². The van der Waals surface area contributed by atoms with Crippen LogP contribution in [-0.4, -0.2) is 71.2 Å². The van der Waals surface area contributed by atoms with Crippen LogP contribution in [0.2, 0.25) is 0 Å². The van der Waals surface area contributed by atoms with Gasteiger partial charge < -0.3 is 0 Å². The third kappa shape index (κ3) is 2.36.